The lowest BCUT2D eigenvalue weighted by Gasteiger charge is -2.29. The summed E-state index contributed by atoms with van der Waals surface area (Å²) in [7, 11) is 3.47. The van der Waals surface area contributed by atoms with Gasteiger partial charge < -0.3 is 20.2 Å². The summed E-state index contributed by atoms with van der Waals surface area (Å²) in [5.41, 5.74) is 6.05. The van der Waals surface area contributed by atoms with Crippen LogP contribution in [0, 0.1) is 23.7 Å². The molecular weight excluding hydrogens is 390 g/mol. The van der Waals surface area contributed by atoms with Crippen LogP contribution in [0.2, 0.25) is 0 Å². The Labute approximate surface area is 181 Å². The number of nitrogens with zero attached hydrogens (tertiary/aromatic N) is 3. The second kappa shape index (κ2) is 8.52. The molecule has 1 aromatic heterocycles. The molecule has 2 N–H and O–H groups in total. The summed E-state index contributed by atoms with van der Waals surface area (Å²) in [6.07, 6.45) is 7.55. The van der Waals surface area contributed by atoms with Gasteiger partial charge in [-0.25, -0.2) is 0 Å². The highest BCUT2D eigenvalue weighted by Gasteiger charge is 2.26. The molecule has 0 radical (unpaired) electrons. The highest BCUT2D eigenvalue weighted by atomic mass is 16.5. The SMILES string of the molecule is COc1c(C#N)ccc2c1CCC[C@@H]2Oc1cc(Nc2cnn(C)c2)c(C=N)cc1C. The second-order valence-corrected chi connectivity index (χ2v) is 7.70. The van der Waals surface area contributed by atoms with Crippen molar-refractivity contribution in [1.29, 1.82) is 10.7 Å². The van der Waals surface area contributed by atoms with Crippen LogP contribution in [0.4, 0.5) is 11.4 Å². The Kier molecular flexibility index (Phi) is 5.63. The summed E-state index contributed by atoms with van der Waals surface area (Å²) in [5, 5.41) is 24.7. The van der Waals surface area contributed by atoms with Crippen molar-refractivity contribution in [3.8, 4) is 17.6 Å². The van der Waals surface area contributed by atoms with E-state index in [1.807, 2.05) is 38.4 Å². The summed E-state index contributed by atoms with van der Waals surface area (Å²) in [4.78, 5) is 0. The zero-order chi connectivity index (χ0) is 22.0. The van der Waals surface area contributed by atoms with Gasteiger partial charge >= 0.3 is 0 Å². The van der Waals surface area contributed by atoms with Crippen LogP contribution in [-0.4, -0.2) is 23.1 Å². The summed E-state index contributed by atoms with van der Waals surface area (Å²) >= 11 is 0. The first-order chi connectivity index (χ1) is 15.0. The number of nitrogens with one attached hydrogen (secondary N) is 2. The van der Waals surface area contributed by atoms with Crippen molar-refractivity contribution >= 4 is 17.6 Å². The van der Waals surface area contributed by atoms with E-state index < -0.39 is 0 Å². The normalized spacial score (nSPS) is 15.0. The second-order valence-electron chi connectivity index (χ2n) is 7.70. The summed E-state index contributed by atoms with van der Waals surface area (Å²) in [6.45, 7) is 1.99. The maximum Gasteiger partial charge on any atom is 0.140 e. The number of hydrogen-bond acceptors (Lipinski definition) is 6. The fourth-order valence-electron chi connectivity index (χ4n) is 4.13. The van der Waals surface area contributed by atoms with Gasteiger partial charge in [-0.15, -0.1) is 0 Å². The minimum absolute atomic E-state index is 0.124. The van der Waals surface area contributed by atoms with Gasteiger partial charge in [0.25, 0.3) is 0 Å². The zero-order valence-corrected chi connectivity index (χ0v) is 17.9. The Bertz CT molecular complexity index is 1180. The zero-order valence-electron chi connectivity index (χ0n) is 17.9. The minimum Gasteiger partial charge on any atom is -0.495 e. The van der Waals surface area contributed by atoms with Crippen LogP contribution in [-0.2, 0) is 13.5 Å². The predicted octanol–water partition coefficient (Wildman–Crippen LogP) is 4.81. The fraction of sp³-hybridized carbons (Fsp3) is 0.292. The maximum atomic E-state index is 9.40. The standard InChI is InChI=1S/C24H25N5O2/c1-15-9-17(12-26)21(28-18-13-27-29(2)14-18)10-23(15)31-22-6-4-5-20-19(22)8-7-16(11-25)24(20)30-3/h7-10,12-14,22,26,28H,4-6H2,1-3H3/t22-/m0/s1. The lowest BCUT2D eigenvalue weighted by Crippen LogP contribution is -2.17. The number of methoxy groups -OCH3 is 1. The van der Waals surface area contributed by atoms with Crippen LogP contribution >= 0.6 is 0 Å². The predicted molar refractivity (Wildman–Crippen MR) is 120 cm³/mol. The number of aromatic nitrogens is 2. The summed E-state index contributed by atoms with van der Waals surface area (Å²) < 4.78 is 13.8. The van der Waals surface area contributed by atoms with Crippen molar-refractivity contribution in [1.82, 2.24) is 9.78 Å². The van der Waals surface area contributed by atoms with Crippen LogP contribution in [0.3, 0.4) is 0 Å². The maximum absolute atomic E-state index is 9.40. The molecule has 1 heterocycles. The van der Waals surface area contributed by atoms with Gasteiger partial charge in [0, 0.05) is 36.7 Å². The van der Waals surface area contributed by atoms with Gasteiger partial charge in [0.2, 0.25) is 0 Å². The van der Waals surface area contributed by atoms with E-state index in [4.69, 9.17) is 14.9 Å². The van der Waals surface area contributed by atoms with Crippen molar-refractivity contribution in [2.75, 3.05) is 12.4 Å². The molecule has 0 fully saturated rings. The molecule has 1 atom stereocenters. The van der Waals surface area contributed by atoms with E-state index in [0.717, 1.165) is 58.6 Å². The Hall–Kier alpha value is -3.79. The topological polar surface area (TPSA) is 95.9 Å². The molecule has 1 aliphatic carbocycles. The Morgan fingerprint density at radius 1 is 1.35 bits per heavy atom. The lowest BCUT2D eigenvalue weighted by atomic mass is 9.87. The van der Waals surface area contributed by atoms with E-state index >= 15 is 0 Å². The van der Waals surface area contributed by atoms with E-state index in [1.54, 1.807) is 24.1 Å². The molecule has 7 nitrogen and oxygen atoms in total. The molecule has 0 aliphatic heterocycles. The number of rotatable bonds is 6. The highest BCUT2D eigenvalue weighted by Crippen LogP contribution is 2.41. The molecule has 0 saturated heterocycles. The third-order valence-electron chi connectivity index (χ3n) is 5.62. The van der Waals surface area contributed by atoms with Gasteiger partial charge in [0.1, 0.15) is 23.7 Å². The largest absolute Gasteiger partial charge is 0.495 e. The monoisotopic (exact) mass is 415 g/mol. The van der Waals surface area contributed by atoms with Crippen molar-refractivity contribution < 1.29 is 9.47 Å². The fourth-order valence-corrected chi connectivity index (χ4v) is 4.13. The van der Waals surface area contributed by atoms with Crippen molar-refractivity contribution in [2.24, 2.45) is 7.05 Å². The molecule has 2 aromatic carbocycles. The number of nitriles is 1. The number of fused-ring (bicyclic) bond motifs is 1. The van der Waals surface area contributed by atoms with Crippen LogP contribution in [0.15, 0.2) is 36.7 Å². The van der Waals surface area contributed by atoms with Gasteiger partial charge in [0.05, 0.1) is 30.2 Å². The first-order valence-electron chi connectivity index (χ1n) is 10.2. The molecule has 0 bridgehead atoms. The molecule has 158 valence electrons. The Balaban J connectivity index is 1.68. The van der Waals surface area contributed by atoms with Crippen LogP contribution in [0.5, 0.6) is 11.5 Å². The molecule has 4 rings (SSSR count). The van der Waals surface area contributed by atoms with Gasteiger partial charge in [0.15, 0.2) is 0 Å². The van der Waals surface area contributed by atoms with Crippen molar-refractivity contribution in [3.05, 3.63) is 64.5 Å². The van der Waals surface area contributed by atoms with E-state index in [-0.39, 0.29) is 6.10 Å². The first-order valence-corrected chi connectivity index (χ1v) is 10.2. The van der Waals surface area contributed by atoms with Gasteiger partial charge in [-0.3, -0.25) is 4.68 Å². The number of ether oxygens (including phenoxy) is 2. The Morgan fingerprint density at radius 3 is 2.87 bits per heavy atom. The molecule has 7 heteroatoms. The number of anilines is 2. The molecule has 0 saturated carbocycles. The molecule has 1 aliphatic rings. The van der Waals surface area contributed by atoms with E-state index in [9.17, 15) is 5.26 Å². The quantitative estimate of drug-likeness (QED) is 0.564. The number of aryl methyl sites for hydroxylation is 2. The lowest BCUT2D eigenvalue weighted by molar-refractivity contribution is 0.181. The average Bonchev–Trinajstić information content (AvgIpc) is 3.19. The van der Waals surface area contributed by atoms with Gasteiger partial charge in [-0.05, 0) is 49.4 Å². The molecule has 0 amide bonds. The van der Waals surface area contributed by atoms with E-state index in [0.29, 0.717) is 11.3 Å². The first kappa shape index (κ1) is 20.5. The summed E-state index contributed by atoms with van der Waals surface area (Å²) in [5.74, 6) is 1.42. The van der Waals surface area contributed by atoms with Crippen LogP contribution in [0.1, 0.15) is 46.8 Å². The van der Waals surface area contributed by atoms with E-state index in [2.05, 4.69) is 16.5 Å². The Morgan fingerprint density at radius 2 is 2.19 bits per heavy atom. The van der Waals surface area contributed by atoms with Crippen molar-refractivity contribution in [3.63, 3.8) is 0 Å². The van der Waals surface area contributed by atoms with Gasteiger partial charge in [-0.1, -0.05) is 6.07 Å². The molecule has 0 spiro atoms. The molecule has 3 aromatic rings. The number of benzene rings is 2. The smallest absolute Gasteiger partial charge is 0.140 e. The van der Waals surface area contributed by atoms with Gasteiger partial charge in [-0.2, -0.15) is 10.4 Å². The summed E-state index contributed by atoms with van der Waals surface area (Å²) in [6, 6.07) is 9.89. The number of hydrogen-bond donors (Lipinski definition) is 2. The van der Waals surface area contributed by atoms with E-state index in [1.165, 1.54) is 6.21 Å². The molecule has 31 heavy (non-hydrogen) atoms. The third-order valence-corrected chi connectivity index (χ3v) is 5.62. The molecular formula is C24H25N5O2. The minimum atomic E-state index is -0.124. The van der Waals surface area contributed by atoms with Crippen molar-refractivity contribution in [2.45, 2.75) is 32.3 Å². The van der Waals surface area contributed by atoms with Crippen LogP contribution in [0.25, 0.3) is 0 Å². The highest BCUT2D eigenvalue weighted by molar-refractivity contribution is 5.88. The van der Waals surface area contributed by atoms with Crippen LogP contribution < -0.4 is 14.8 Å². The third kappa shape index (κ3) is 3.97. The molecule has 0 unspecified atom stereocenters. The average molecular weight is 415 g/mol.